The van der Waals surface area contributed by atoms with Crippen molar-refractivity contribution in [1.29, 1.82) is 0 Å². The zero-order chi connectivity index (χ0) is 13.2. The molecule has 18 heavy (non-hydrogen) atoms. The number of halogens is 1. The average molecular weight is 272 g/mol. The summed E-state index contributed by atoms with van der Waals surface area (Å²) in [7, 11) is 1.66. The van der Waals surface area contributed by atoms with Crippen molar-refractivity contribution < 1.29 is 9.47 Å². The quantitative estimate of drug-likeness (QED) is 0.700. The van der Waals surface area contributed by atoms with Crippen LogP contribution in [0.25, 0.3) is 0 Å². The Morgan fingerprint density at radius 2 is 2.11 bits per heavy atom. The number of rotatable bonds is 9. The third-order valence-electron chi connectivity index (χ3n) is 2.66. The topological polar surface area (TPSA) is 30.5 Å². The molecule has 0 aliphatic carbocycles. The van der Waals surface area contributed by atoms with Gasteiger partial charge in [-0.15, -0.1) is 0 Å². The summed E-state index contributed by atoms with van der Waals surface area (Å²) >= 11 is 6.14. The molecule has 0 fully saturated rings. The summed E-state index contributed by atoms with van der Waals surface area (Å²) in [4.78, 5) is 0. The number of benzene rings is 1. The maximum atomic E-state index is 6.14. The van der Waals surface area contributed by atoms with Gasteiger partial charge in [0, 0.05) is 30.3 Å². The van der Waals surface area contributed by atoms with Gasteiger partial charge < -0.3 is 14.8 Å². The second-order valence-electron chi connectivity index (χ2n) is 4.06. The minimum absolute atomic E-state index is 0.694. The maximum Gasteiger partial charge on any atom is 0.124 e. The summed E-state index contributed by atoms with van der Waals surface area (Å²) in [6.07, 6.45) is 2.29. The molecular formula is C14H22ClNO2. The molecule has 0 bridgehead atoms. The van der Waals surface area contributed by atoms with E-state index in [0.29, 0.717) is 6.54 Å². The van der Waals surface area contributed by atoms with Crippen molar-refractivity contribution in [2.24, 2.45) is 0 Å². The standard InChI is InChI=1S/C14H22ClNO2/c1-3-4-9-18-10-8-16-11-12-13(15)6-5-7-14(12)17-2/h5-7,16H,3-4,8-11H2,1-2H3. The van der Waals surface area contributed by atoms with Crippen LogP contribution in [-0.4, -0.2) is 26.9 Å². The highest BCUT2D eigenvalue weighted by molar-refractivity contribution is 6.31. The summed E-state index contributed by atoms with van der Waals surface area (Å²) in [5.74, 6) is 0.821. The van der Waals surface area contributed by atoms with E-state index in [4.69, 9.17) is 21.1 Å². The van der Waals surface area contributed by atoms with E-state index in [1.54, 1.807) is 7.11 Å². The minimum Gasteiger partial charge on any atom is -0.496 e. The van der Waals surface area contributed by atoms with Crippen LogP contribution in [0.3, 0.4) is 0 Å². The Hall–Kier alpha value is -0.770. The molecule has 0 spiro atoms. The van der Waals surface area contributed by atoms with Crippen molar-refractivity contribution in [2.45, 2.75) is 26.3 Å². The van der Waals surface area contributed by atoms with Gasteiger partial charge >= 0.3 is 0 Å². The smallest absolute Gasteiger partial charge is 0.124 e. The molecule has 102 valence electrons. The fraction of sp³-hybridized carbons (Fsp3) is 0.571. The molecule has 0 unspecified atom stereocenters. The van der Waals surface area contributed by atoms with Gasteiger partial charge in [-0.05, 0) is 18.6 Å². The van der Waals surface area contributed by atoms with Crippen molar-refractivity contribution in [3.8, 4) is 5.75 Å². The molecule has 0 aromatic heterocycles. The van der Waals surface area contributed by atoms with Gasteiger partial charge in [0.2, 0.25) is 0 Å². The molecule has 3 nitrogen and oxygen atoms in total. The SMILES string of the molecule is CCCCOCCNCc1c(Cl)cccc1OC. The van der Waals surface area contributed by atoms with Crippen LogP contribution < -0.4 is 10.1 Å². The van der Waals surface area contributed by atoms with E-state index in [9.17, 15) is 0 Å². The van der Waals surface area contributed by atoms with Crippen LogP contribution in [0.4, 0.5) is 0 Å². The van der Waals surface area contributed by atoms with Crippen molar-refractivity contribution in [2.75, 3.05) is 26.9 Å². The first-order valence-electron chi connectivity index (χ1n) is 6.39. The first-order valence-corrected chi connectivity index (χ1v) is 6.77. The third-order valence-corrected chi connectivity index (χ3v) is 3.02. The van der Waals surface area contributed by atoms with Gasteiger partial charge in [0.1, 0.15) is 5.75 Å². The van der Waals surface area contributed by atoms with Crippen molar-refractivity contribution in [1.82, 2.24) is 5.32 Å². The van der Waals surface area contributed by atoms with E-state index >= 15 is 0 Å². The molecular weight excluding hydrogens is 250 g/mol. The van der Waals surface area contributed by atoms with Crippen LogP contribution in [0.1, 0.15) is 25.3 Å². The van der Waals surface area contributed by atoms with Crippen LogP contribution in [0.15, 0.2) is 18.2 Å². The summed E-state index contributed by atoms with van der Waals surface area (Å²) < 4.78 is 10.8. The predicted molar refractivity (Wildman–Crippen MR) is 75.4 cm³/mol. The Kier molecular flexibility index (Phi) is 7.81. The zero-order valence-electron chi connectivity index (χ0n) is 11.2. The highest BCUT2D eigenvalue weighted by Crippen LogP contribution is 2.25. The first kappa shape index (κ1) is 15.3. The molecule has 0 atom stereocenters. The number of methoxy groups -OCH3 is 1. The lowest BCUT2D eigenvalue weighted by atomic mass is 10.2. The highest BCUT2D eigenvalue weighted by atomic mass is 35.5. The molecule has 0 amide bonds. The fourth-order valence-electron chi connectivity index (χ4n) is 1.61. The molecule has 1 N–H and O–H groups in total. The highest BCUT2D eigenvalue weighted by Gasteiger charge is 2.06. The van der Waals surface area contributed by atoms with Crippen LogP contribution in [0, 0.1) is 0 Å². The van der Waals surface area contributed by atoms with E-state index in [1.165, 1.54) is 6.42 Å². The molecule has 0 saturated carbocycles. The molecule has 4 heteroatoms. The van der Waals surface area contributed by atoms with Crippen molar-refractivity contribution in [3.05, 3.63) is 28.8 Å². The Morgan fingerprint density at radius 1 is 1.28 bits per heavy atom. The summed E-state index contributed by atoms with van der Waals surface area (Å²) in [5, 5.41) is 4.04. The number of ether oxygens (including phenoxy) is 2. The van der Waals surface area contributed by atoms with Gasteiger partial charge in [-0.25, -0.2) is 0 Å². The van der Waals surface area contributed by atoms with Crippen molar-refractivity contribution in [3.63, 3.8) is 0 Å². The molecule has 0 radical (unpaired) electrons. The molecule has 0 saturated heterocycles. The second-order valence-corrected chi connectivity index (χ2v) is 4.47. The molecule has 0 heterocycles. The number of hydrogen-bond donors (Lipinski definition) is 1. The lowest BCUT2D eigenvalue weighted by Crippen LogP contribution is -2.20. The average Bonchev–Trinajstić information content (AvgIpc) is 2.39. The summed E-state index contributed by atoms with van der Waals surface area (Å²) in [5.41, 5.74) is 0.996. The zero-order valence-corrected chi connectivity index (χ0v) is 11.9. The maximum absolute atomic E-state index is 6.14. The summed E-state index contributed by atoms with van der Waals surface area (Å²) in [6, 6.07) is 5.68. The Balaban J connectivity index is 2.26. The third kappa shape index (κ3) is 5.25. The van der Waals surface area contributed by atoms with E-state index in [1.807, 2.05) is 18.2 Å². The Labute approximate surface area is 114 Å². The molecule has 1 aromatic rings. The first-order chi connectivity index (χ1) is 8.79. The van der Waals surface area contributed by atoms with Crippen LogP contribution in [0.5, 0.6) is 5.75 Å². The molecule has 1 rings (SSSR count). The number of nitrogens with one attached hydrogen (secondary N) is 1. The summed E-state index contributed by atoms with van der Waals surface area (Å²) in [6.45, 7) is 5.24. The van der Waals surface area contributed by atoms with E-state index in [0.717, 1.165) is 42.5 Å². The lowest BCUT2D eigenvalue weighted by molar-refractivity contribution is 0.133. The van der Waals surface area contributed by atoms with E-state index < -0.39 is 0 Å². The van der Waals surface area contributed by atoms with E-state index in [-0.39, 0.29) is 0 Å². The monoisotopic (exact) mass is 271 g/mol. The number of hydrogen-bond acceptors (Lipinski definition) is 3. The lowest BCUT2D eigenvalue weighted by Gasteiger charge is -2.11. The van der Waals surface area contributed by atoms with Gasteiger partial charge in [0.05, 0.1) is 13.7 Å². The largest absolute Gasteiger partial charge is 0.496 e. The van der Waals surface area contributed by atoms with Gasteiger partial charge in [-0.1, -0.05) is 31.0 Å². The van der Waals surface area contributed by atoms with Crippen LogP contribution in [0.2, 0.25) is 5.02 Å². The van der Waals surface area contributed by atoms with Crippen molar-refractivity contribution >= 4 is 11.6 Å². The molecule has 0 aliphatic rings. The second kappa shape index (κ2) is 9.20. The van der Waals surface area contributed by atoms with Gasteiger partial charge in [-0.3, -0.25) is 0 Å². The van der Waals surface area contributed by atoms with Gasteiger partial charge in [-0.2, -0.15) is 0 Å². The Morgan fingerprint density at radius 3 is 2.83 bits per heavy atom. The van der Waals surface area contributed by atoms with Crippen LogP contribution >= 0.6 is 11.6 Å². The predicted octanol–water partition coefficient (Wildman–Crippen LogP) is 3.25. The van der Waals surface area contributed by atoms with Gasteiger partial charge in [0.15, 0.2) is 0 Å². The molecule has 1 aromatic carbocycles. The molecule has 0 aliphatic heterocycles. The van der Waals surface area contributed by atoms with Crippen LogP contribution in [-0.2, 0) is 11.3 Å². The Bertz CT molecular complexity index is 345. The fourth-order valence-corrected chi connectivity index (χ4v) is 1.84. The number of unbranched alkanes of at least 4 members (excludes halogenated alkanes) is 1. The van der Waals surface area contributed by atoms with E-state index in [2.05, 4.69) is 12.2 Å². The van der Waals surface area contributed by atoms with Gasteiger partial charge in [0.25, 0.3) is 0 Å². The minimum atomic E-state index is 0.694. The normalized spacial score (nSPS) is 10.6.